The summed E-state index contributed by atoms with van der Waals surface area (Å²) in [7, 11) is 0. The fourth-order valence-electron chi connectivity index (χ4n) is 2.87. The van der Waals surface area contributed by atoms with Crippen LogP contribution in [0.2, 0.25) is 0 Å². The topological polar surface area (TPSA) is 59.8 Å². The maximum atomic E-state index is 13.5. The molecule has 3 rings (SSSR count). The average molecular weight is 336 g/mol. The fourth-order valence-corrected chi connectivity index (χ4v) is 2.87. The van der Waals surface area contributed by atoms with E-state index in [1.165, 1.54) is 10.7 Å². The zero-order valence-electron chi connectivity index (χ0n) is 14.0. The van der Waals surface area contributed by atoms with E-state index in [4.69, 9.17) is 0 Å². The third-order valence-electron chi connectivity index (χ3n) is 4.30. The molecule has 0 radical (unpaired) electrons. The van der Waals surface area contributed by atoms with Crippen molar-refractivity contribution in [1.29, 1.82) is 0 Å². The zero-order chi connectivity index (χ0) is 17.3. The summed E-state index contributed by atoms with van der Waals surface area (Å²) in [5, 5.41) is 7.47. The van der Waals surface area contributed by atoms with E-state index >= 15 is 0 Å². The van der Waals surface area contributed by atoms with Crippen LogP contribution in [-0.4, -0.2) is 27.2 Å². The van der Waals surface area contributed by atoms with Gasteiger partial charge in [0.1, 0.15) is 6.54 Å². The van der Waals surface area contributed by atoms with Crippen LogP contribution < -0.4 is 5.32 Å². The Morgan fingerprint density at radius 3 is 2.83 bits per heavy atom. The van der Waals surface area contributed by atoms with Crippen molar-refractivity contribution >= 4 is 16.9 Å². The van der Waals surface area contributed by atoms with Gasteiger partial charge >= 0.3 is 0 Å². The molecule has 1 N–H and O–H groups in total. The summed E-state index contributed by atoms with van der Waals surface area (Å²) in [6.07, 6.45) is 1.28. The molecule has 2 aromatic rings. The molecule has 1 amide bonds. The smallest absolute Gasteiger partial charge is 0.264 e. The predicted octanol–water partition coefficient (Wildman–Crippen LogP) is 3.47. The number of pyridine rings is 1. The monoisotopic (exact) mass is 336 g/mol. The van der Waals surface area contributed by atoms with Gasteiger partial charge in [-0.15, -0.1) is 0 Å². The summed E-state index contributed by atoms with van der Waals surface area (Å²) in [5.74, 6) is 0.0824. The third-order valence-corrected chi connectivity index (χ3v) is 4.30. The number of hydrogen-bond acceptors (Lipinski definition) is 3. The molecular weight excluding hydrogens is 314 g/mol. The molecule has 0 spiro atoms. The van der Waals surface area contributed by atoms with Crippen LogP contribution >= 0.6 is 0 Å². The van der Waals surface area contributed by atoms with Gasteiger partial charge in [0, 0.05) is 23.7 Å². The molecule has 5 nitrogen and oxygen atoms in total. The van der Waals surface area contributed by atoms with Crippen molar-refractivity contribution in [2.24, 2.45) is 0 Å². The molecule has 0 unspecified atom stereocenters. The highest BCUT2D eigenvalue weighted by molar-refractivity contribution is 5.84. The second-order valence-electron chi connectivity index (χ2n) is 6.36. The molecule has 2 heterocycles. The molecule has 0 saturated heterocycles. The summed E-state index contributed by atoms with van der Waals surface area (Å²) in [6, 6.07) is 1.50. The highest BCUT2D eigenvalue weighted by Crippen LogP contribution is 2.41. The molecule has 0 bridgehead atoms. The number of aromatic nitrogens is 3. The van der Waals surface area contributed by atoms with Gasteiger partial charge in [0.25, 0.3) is 6.43 Å². The minimum Gasteiger partial charge on any atom is -0.354 e. The Morgan fingerprint density at radius 1 is 1.46 bits per heavy atom. The fraction of sp³-hybridized carbons (Fsp3) is 0.588. The average Bonchev–Trinajstić information content (AvgIpc) is 3.33. The first-order valence-electron chi connectivity index (χ1n) is 8.44. The lowest BCUT2D eigenvalue weighted by atomic mass is 10.1. The van der Waals surface area contributed by atoms with E-state index < -0.39 is 6.43 Å². The van der Waals surface area contributed by atoms with E-state index in [1.807, 2.05) is 6.92 Å². The van der Waals surface area contributed by atoms with Crippen molar-refractivity contribution in [2.45, 2.75) is 58.4 Å². The molecule has 0 atom stereocenters. The number of halogens is 2. The quantitative estimate of drug-likeness (QED) is 0.788. The molecule has 24 heavy (non-hydrogen) atoms. The number of amides is 1. The van der Waals surface area contributed by atoms with Gasteiger partial charge in [-0.2, -0.15) is 5.10 Å². The molecule has 0 aromatic carbocycles. The Labute approximate surface area is 139 Å². The summed E-state index contributed by atoms with van der Waals surface area (Å²) in [5.41, 5.74) is 1.52. The van der Waals surface area contributed by atoms with Gasteiger partial charge in [-0.1, -0.05) is 13.3 Å². The minimum absolute atomic E-state index is 0.00213. The number of carbonyl (C=O) groups excluding carboxylic acids is 1. The predicted molar refractivity (Wildman–Crippen MR) is 87.1 cm³/mol. The van der Waals surface area contributed by atoms with Crippen molar-refractivity contribution in [3.63, 3.8) is 0 Å². The molecule has 0 aliphatic heterocycles. The van der Waals surface area contributed by atoms with Crippen LogP contribution in [0.1, 0.15) is 61.9 Å². The first-order valence-corrected chi connectivity index (χ1v) is 8.44. The molecule has 130 valence electrons. The normalized spacial score (nSPS) is 14.5. The first kappa shape index (κ1) is 16.8. The highest BCUT2D eigenvalue weighted by atomic mass is 19.3. The van der Waals surface area contributed by atoms with Crippen LogP contribution in [0.3, 0.4) is 0 Å². The number of aryl methyl sites for hydroxylation is 1. The number of rotatable bonds is 7. The van der Waals surface area contributed by atoms with Crippen LogP contribution in [-0.2, 0) is 11.3 Å². The zero-order valence-corrected chi connectivity index (χ0v) is 14.0. The second kappa shape index (κ2) is 6.83. The SMILES string of the molecule is CCCCNC(=O)Cn1nc(C)c2c(C(F)F)cc(C3CC3)nc21. The van der Waals surface area contributed by atoms with Crippen LogP contribution in [0.25, 0.3) is 11.0 Å². The minimum atomic E-state index is -2.58. The third kappa shape index (κ3) is 3.39. The molecule has 1 saturated carbocycles. The maximum absolute atomic E-state index is 13.5. The van der Waals surface area contributed by atoms with Crippen molar-refractivity contribution in [1.82, 2.24) is 20.1 Å². The van der Waals surface area contributed by atoms with Crippen molar-refractivity contribution in [3.8, 4) is 0 Å². The number of hydrogen-bond donors (Lipinski definition) is 1. The van der Waals surface area contributed by atoms with Crippen molar-refractivity contribution in [3.05, 3.63) is 23.0 Å². The molecule has 1 fully saturated rings. The van der Waals surface area contributed by atoms with Gasteiger partial charge in [0.05, 0.1) is 11.1 Å². The van der Waals surface area contributed by atoms with Gasteiger partial charge < -0.3 is 5.32 Å². The second-order valence-corrected chi connectivity index (χ2v) is 6.36. The van der Waals surface area contributed by atoms with Crippen LogP contribution in [0.15, 0.2) is 6.07 Å². The molecule has 1 aliphatic carbocycles. The van der Waals surface area contributed by atoms with E-state index in [9.17, 15) is 13.6 Å². The number of nitrogens with one attached hydrogen (secondary N) is 1. The summed E-state index contributed by atoms with van der Waals surface area (Å²) in [6.45, 7) is 4.33. The Hall–Kier alpha value is -2.05. The lowest BCUT2D eigenvalue weighted by molar-refractivity contribution is -0.121. The van der Waals surface area contributed by atoms with Crippen LogP contribution in [0.4, 0.5) is 8.78 Å². The Kier molecular flexibility index (Phi) is 4.78. The van der Waals surface area contributed by atoms with Crippen LogP contribution in [0, 0.1) is 6.92 Å². The number of fused-ring (bicyclic) bond motifs is 1. The van der Waals surface area contributed by atoms with Gasteiger partial charge in [0.2, 0.25) is 5.91 Å². The highest BCUT2D eigenvalue weighted by Gasteiger charge is 2.29. The van der Waals surface area contributed by atoms with Crippen molar-refractivity contribution in [2.75, 3.05) is 6.54 Å². The number of carbonyl (C=O) groups is 1. The van der Waals surface area contributed by atoms with Gasteiger partial charge in [-0.3, -0.25) is 4.79 Å². The Bertz CT molecular complexity index is 753. The lowest BCUT2D eigenvalue weighted by Gasteiger charge is -2.08. The molecule has 1 aliphatic rings. The van der Waals surface area contributed by atoms with E-state index in [1.54, 1.807) is 6.92 Å². The van der Waals surface area contributed by atoms with E-state index in [0.717, 1.165) is 25.7 Å². The number of unbranched alkanes of at least 4 members (excludes halogenated alkanes) is 1. The van der Waals surface area contributed by atoms with Gasteiger partial charge in [-0.05, 0) is 32.3 Å². The molecule has 7 heteroatoms. The van der Waals surface area contributed by atoms with Gasteiger partial charge in [0.15, 0.2) is 5.65 Å². The maximum Gasteiger partial charge on any atom is 0.264 e. The summed E-state index contributed by atoms with van der Waals surface area (Å²) in [4.78, 5) is 16.6. The molecular formula is C17H22F2N4O. The number of nitrogens with zero attached hydrogens (tertiary/aromatic N) is 3. The van der Waals surface area contributed by atoms with E-state index in [2.05, 4.69) is 15.4 Å². The lowest BCUT2D eigenvalue weighted by Crippen LogP contribution is -2.28. The van der Waals surface area contributed by atoms with E-state index in [-0.39, 0.29) is 23.9 Å². The summed E-state index contributed by atoms with van der Waals surface area (Å²) < 4.78 is 28.4. The first-order chi connectivity index (χ1) is 11.5. The Morgan fingerprint density at radius 2 is 2.21 bits per heavy atom. The summed E-state index contributed by atoms with van der Waals surface area (Å²) >= 11 is 0. The number of alkyl halides is 2. The largest absolute Gasteiger partial charge is 0.354 e. The van der Waals surface area contributed by atoms with Crippen LogP contribution in [0.5, 0.6) is 0 Å². The van der Waals surface area contributed by atoms with E-state index in [0.29, 0.717) is 29.0 Å². The molecule has 2 aromatic heterocycles. The standard InChI is InChI=1S/C17H22F2N4O/c1-3-4-7-20-14(24)9-23-17-15(10(2)22-23)12(16(18)19)8-13(21-17)11-5-6-11/h8,11,16H,3-7,9H2,1-2H3,(H,20,24). The van der Waals surface area contributed by atoms with Crippen molar-refractivity contribution < 1.29 is 13.6 Å². The Balaban J connectivity index is 1.95. The van der Waals surface area contributed by atoms with Gasteiger partial charge in [-0.25, -0.2) is 18.4 Å².